The highest BCUT2D eigenvalue weighted by Gasteiger charge is 2.37. The van der Waals surface area contributed by atoms with Gasteiger partial charge in [0.1, 0.15) is 5.75 Å². The van der Waals surface area contributed by atoms with Crippen LogP contribution in [-0.2, 0) is 10.8 Å². The maximum absolute atomic E-state index is 6.19. The van der Waals surface area contributed by atoms with Crippen molar-refractivity contribution >= 4 is 28.6 Å². The molecule has 0 fully saturated rings. The molecule has 0 spiro atoms. The predicted octanol–water partition coefficient (Wildman–Crippen LogP) is 6.15. The molecule has 0 bridgehead atoms. The molecule has 0 N–H and O–H groups in total. The zero-order valence-corrected chi connectivity index (χ0v) is 16.5. The van der Waals surface area contributed by atoms with Crippen molar-refractivity contribution in [1.29, 1.82) is 0 Å². The molecule has 2 nitrogen and oxygen atoms in total. The summed E-state index contributed by atoms with van der Waals surface area (Å²) in [5.41, 5.74) is 6.99. The number of halogens is 1. The fraction of sp³-hybridized carbons (Fsp3) is 0.409. The Hall–Kier alpha value is -1.80. The van der Waals surface area contributed by atoms with Crippen LogP contribution in [0, 0.1) is 0 Å². The largest absolute Gasteiger partial charge is 0.497 e. The number of nitrogens with zero attached hydrogens (tertiary/aromatic N) is 1. The highest BCUT2D eigenvalue weighted by Crippen LogP contribution is 2.46. The summed E-state index contributed by atoms with van der Waals surface area (Å²) >= 11 is 6.19. The summed E-state index contributed by atoms with van der Waals surface area (Å²) in [4.78, 5) is 0. The SMILES string of the molecule is COc1ccc([N+](=CCl)c2ccc3c(c2)C(C)(C)CCC3(C)C)cc1. The lowest BCUT2D eigenvalue weighted by atomic mass is 9.63. The van der Waals surface area contributed by atoms with Crippen molar-refractivity contribution in [3.8, 4) is 5.75 Å². The number of hydrogen-bond acceptors (Lipinski definition) is 1. The van der Waals surface area contributed by atoms with Crippen LogP contribution in [0.5, 0.6) is 5.75 Å². The number of benzene rings is 2. The van der Waals surface area contributed by atoms with E-state index in [1.165, 1.54) is 24.0 Å². The highest BCUT2D eigenvalue weighted by atomic mass is 35.5. The molecule has 0 aromatic heterocycles. The van der Waals surface area contributed by atoms with Crippen LogP contribution in [-0.4, -0.2) is 12.8 Å². The predicted molar refractivity (Wildman–Crippen MR) is 108 cm³/mol. The number of ether oxygens (including phenoxy) is 1. The molecule has 0 saturated carbocycles. The van der Waals surface area contributed by atoms with E-state index in [0.29, 0.717) is 0 Å². The molecule has 0 radical (unpaired) electrons. The summed E-state index contributed by atoms with van der Waals surface area (Å²) in [5, 5.41) is 0. The molecule has 25 heavy (non-hydrogen) atoms. The van der Waals surface area contributed by atoms with Gasteiger partial charge in [0.25, 0.3) is 0 Å². The highest BCUT2D eigenvalue weighted by molar-refractivity contribution is 6.56. The molecule has 2 aromatic carbocycles. The smallest absolute Gasteiger partial charge is 0.244 e. The first-order valence-electron chi connectivity index (χ1n) is 8.80. The maximum Gasteiger partial charge on any atom is 0.244 e. The molecule has 3 rings (SSSR count). The zero-order valence-electron chi connectivity index (χ0n) is 15.8. The third-order valence-corrected chi connectivity index (χ3v) is 5.76. The van der Waals surface area contributed by atoms with Crippen LogP contribution >= 0.6 is 11.6 Å². The standard InChI is InChI=1S/C22H27ClNO/c1-21(2)12-13-22(3,4)20-14-17(8-11-19(20)21)24(15-23)16-6-9-18(25-5)10-7-16/h6-11,14-15H,12-13H2,1-5H3/q+1. The van der Waals surface area contributed by atoms with Gasteiger partial charge < -0.3 is 4.74 Å². The molecular formula is C22H27ClNO+. The summed E-state index contributed by atoms with van der Waals surface area (Å²) in [5.74, 6) is 0.839. The second-order valence-corrected chi connectivity index (χ2v) is 8.36. The summed E-state index contributed by atoms with van der Waals surface area (Å²) < 4.78 is 7.26. The van der Waals surface area contributed by atoms with Crippen LogP contribution in [0.15, 0.2) is 42.5 Å². The van der Waals surface area contributed by atoms with Crippen LogP contribution < -0.4 is 9.31 Å². The first-order valence-corrected chi connectivity index (χ1v) is 9.24. The summed E-state index contributed by atoms with van der Waals surface area (Å²) in [6.07, 6.45) is 2.42. The Balaban J connectivity index is 2.08. The Morgan fingerprint density at radius 3 is 2.00 bits per heavy atom. The molecule has 132 valence electrons. The topological polar surface area (TPSA) is 12.2 Å². The second kappa shape index (κ2) is 6.49. The van der Waals surface area contributed by atoms with Crippen LogP contribution in [0.3, 0.4) is 0 Å². The maximum atomic E-state index is 6.19. The summed E-state index contributed by atoms with van der Waals surface area (Å²) in [6.45, 7) is 9.37. The Morgan fingerprint density at radius 2 is 1.44 bits per heavy atom. The van der Waals surface area contributed by atoms with Gasteiger partial charge in [-0.05, 0) is 58.5 Å². The van der Waals surface area contributed by atoms with Crippen molar-refractivity contribution in [2.45, 2.75) is 51.4 Å². The number of rotatable bonds is 3. The minimum Gasteiger partial charge on any atom is -0.497 e. The van der Waals surface area contributed by atoms with E-state index in [1.807, 2.05) is 28.8 Å². The third-order valence-electron chi connectivity index (χ3n) is 5.56. The van der Waals surface area contributed by atoms with E-state index in [2.05, 4.69) is 45.9 Å². The lowest BCUT2D eigenvalue weighted by Crippen LogP contribution is -2.33. The van der Waals surface area contributed by atoms with E-state index in [9.17, 15) is 0 Å². The van der Waals surface area contributed by atoms with Gasteiger partial charge in [0.15, 0.2) is 0 Å². The van der Waals surface area contributed by atoms with Gasteiger partial charge in [0, 0.05) is 24.3 Å². The Kier molecular flexibility index (Phi) is 4.68. The molecule has 0 heterocycles. The van der Waals surface area contributed by atoms with Crippen LogP contribution in [0.2, 0.25) is 0 Å². The van der Waals surface area contributed by atoms with Gasteiger partial charge in [-0.15, -0.1) is 4.58 Å². The van der Waals surface area contributed by atoms with E-state index >= 15 is 0 Å². The van der Waals surface area contributed by atoms with Gasteiger partial charge in [0.05, 0.1) is 7.11 Å². The Bertz CT molecular complexity index is 803. The fourth-order valence-corrected chi connectivity index (χ4v) is 3.96. The molecule has 0 atom stereocenters. The molecule has 1 aliphatic rings. The molecule has 0 amide bonds. The van der Waals surface area contributed by atoms with Gasteiger partial charge in [-0.3, -0.25) is 0 Å². The molecular weight excluding hydrogens is 330 g/mol. The molecule has 3 heteroatoms. The van der Waals surface area contributed by atoms with Crippen LogP contribution in [0.25, 0.3) is 0 Å². The normalized spacial score (nSPS) is 18.6. The van der Waals surface area contributed by atoms with Crippen molar-refractivity contribution in [3.05, 3.63) is 53.6 Å². The minimum absolute atomic E-state index is 0.179. The molecule has 0 aliphatic heterocycles. The van der Waals surface area contributed by atoms with Gasteiger partial charge in [0.2, 0.25) is 17.0 Å². The molecule has 0 unspecified atom stereocenters. The lowest BCUT2D eigenvalue weighted by Gasteiger charge is -2.41. The van der Waals surface area contributed by atoms with Gasteiger partial charge in [-0.2, -0.15) is 0 Å². The van der Waals surface area contributed by atoms with E-state index < -0.39 is 0 Å². The van der Waals surface area contributed by atoms with Gasteiger partial charge in [-0.1, -0.05) is 33.8 Å². The quantitative estimate of drug-likeness (QED) is 0.474. The van der Waals surface area contributed by atoms with Crippen molar-refractivity contribution in [1.82, 2.24) is 4.58 Å². The summed E-state index contributed by atoms with van der Waals surface area (Å²) in [6, 6.07) is 14.7. The molecule has 1 aliphatic carbocycles. The van der Waals surface area contributed by atoms with Gasteiger partial charge in [-0.25, -0.2) is 0 Å². The number of methoxy groups -OCH3 is 1. The van der Waals surface area contributed by atoms with E-state index in [4.69, 9.17) is 16.3 Å². The first-order chi connectivity index (χ1) is 11.8. The van der Waals surface area contributed by atoms with Gasteiger partial charge >= 0.3 is 0 Å². The van der Waals surface area contributed by atoms with Crippen molar-refractivity contribution in [2.75, 3.05) is 7.11 Å². The lowest BCUT2D eigenvalue weighted by molar-refractivity contribution is 0.332. The monoisotopic (exact) mass is 356 g/mol. The van der Waals surface area contributed by atoms with Crippen molar-refractivity contribution < 1.29 is 4.74 Å². The van der Waals surface area contributed by atoms with E-state index in [1.54, 1.807) is 12.8 Å². The van der Waals surface area contributed by atoms with Crippen LogP contribution in [0.1, 0.15) is 51.7 Å². The van der Waals surface area contributed by atoms with E-state index in [-0.39, 0.29) is 10.8 Å². The Morgan fingerprint density at radius 1 is 0.880 bits per heavy atom. The molecule has 0 saturated heterocycles. The average Bonchev–Trinajstić information content (AvgIpc) is 2.60. The number of fused-ring (bicyclic) bond motifs is 1. The minimum atomic E-state index is 0.179. The average molecular weight is 357 g/mol. The zero-order chi connectivity index (χ0) is 18.2. The molecule has 2 aromatic rings. The van der Waals surface area contributed by atoms with E-state index in [0.717, 1.165) is 17.1 Å². The fourth-order valence-electron chi connectivity index (χ4n) is 3.73. The van der Waals surface area contributed by atoms with Crippen LogP contribution in [0.4, 0.5) is 11.4 Å². The van der Waals surface area contributed by atoms with Crippen molar-refractivity contribution in [2.24, 2.45) is 0 Å². The summed E-state index contributed by atoms with van der Waals surface area (Å²) in [7, 11) is 1.67. The van der Waals surface area contributed by atoms with Crippen molar-refractivity contribution in [3.63, 3.8) is 0 Å². The third kappa shape index (κ3) is 3.32. The second-order valence-electron chi connectivity index (χ2n) is 8.16. The Labute approximate surface area is 156 Å². The first kappa shape index (κ1) is 18.0. The number of hydrogen-bond donors (Lipinski definition) is 0.